The Kier molecular flexibility index (Phi) is 5.55. The number of rotatable bonds is 6. The first-order valence-corrected chi connectivity index (χ1v) is 9.79. The van der Waals surface area contributed by atoms with Gasteiger partial charge in [-0.1, -0.05) is 0 Å². The monoisotopic (exact) mass is 398 g/mol. The molecule has 3 rings (SSSR count). The second-order valence-electron chi connectivity index (χ2n) is 5.95. The van der Waals surface area contributed by atoms with Gasteiger partial charge in [-0.15, -0.1) is 5.10 Å². The molecule has 2 N–H and O–H groups in total. The molecule has 0 aliphatic rings. The van der Waals surface area contributed by atoms with Gasteiger partial charge in [-0.05, 0) is 61.5 Å². The van der Waals surface area contributed by atoms with Crippen molar-refractivity contribution in [2.24, 2.45) is 0 Å². The standard InChI is InChI=1S/C19H18N4O4S/c1-13-3-12-19(22-21-13)27-17-8-4-16(5-9-17)23-28(25,26)18-10-6-15(7-11-18)20-14(2)24/h3-12,23H,1-2H3,(H,20,24). The number of hydrogen-bond donors (Lipinski definition) is 2. The summed E-state index contributed by atoms with van der Waals surface area (Å²) < 4.78 is 33.0. The summed E-state index contributed by atoms with van der Waals surface area (Å²) in [4.78, 5) is 11.1. The number of ether oxygens (including phenoxy) is 1. The lowest BCUT2D eigenvalue weighted by molar-refractivity contribution is -0.114. The Labute approximate surface area is 162 Å². The fraction of sp³-hybridized carbons (Fsp3) is 0.105. The molecule has 9 heteroatoms. The molecule has 2 aromatic carbocycles. The number of aromatic nitrogens is 2. The van der Waals surface area contributed by atoms with Gasteiger partial charge in [0.1, 0.15) is 5.75 Å². The molecule has 0 bridgehead atoms. The van der Waals surface area contributed by atoms with E-state index in [1.54, 1.807) is 36.4 Å². The van der Waals surface area contributed by atoms with Crippen molar-refractivity contribution in [1.82, 2.24) is 10.2 Å². The van der Waals surface area contributed by atoms with E-state index in [1.807, 2.05) is 6.92 Å². The van der Waals surface area contributed by atoms with E-state index in [0.717, 1.165) is 5.69 Å². The number of nitrogens with one attached hydrogen (secondary N) is 2. The predicted molar refractivity (Wildman–Crippen MR) is 105 cm³/mol. The fourth-order valence-corrected chi connectivity index (χ4v) is 3.35. The smallest absolute Gasteiger partial charge is 0.261 e. The number of nitrogens with zero attached hydrogens (tertiary/aromatic N) is 2. The summed E-state index contributed by atoms with van der Waals surface area (Å²) in [7, 11) is -3.76. The Morgan fingerprint density at radius 1 is 0.893 bits per heavy atom. The quantitative estimate of drug-likeness (QED) is 0.659. The van der Waals surface area contributed by atoms with E-state index in [4.69, 9.17) is 4.74 Å². The van der Waals surface area contributed by atoms with Crippen molar-refractivity contribution in [3.05, 3.63) is 66.4 Å². The van der Waals surface area contributed by atoms with E-state index in [2.05, 4.69) is 20.2 Å². The molecule has 28 heavy (non-hydrogen) atoms. The van der Waals surface area contributed by atoms with Gasteiger partial charge in [0.05, 0.1) is 10.6 Å². The lowest BCUT2D eigenvalue weighted by Crippen LogP contribution is -2.13. The number of benzene rings is 2. The molecule has 0 saturated carbocycles. The van der Waals surface area contributed by atoms with Gasteiger partial charge in [0.15, 0.2) is 0 Å². The summed E-state index contributed by atoms with van der Waals surface area (Å²) in [6.07, 6.45) is 0. The third-order valence-electron chi connectivity index (χ3n) is 3.59. The summed E-state index contributed by atoms with van der Waals surface area (Å²) >= 11 is 0. The molecule has 3 aromatic rings. The van der Waals surface area contributed by atoms with E-state index in [1.165, 1.54) is 31.2 Å². The molecule has 144 valence electrons. The molecule has 0 radical (unpaired) electrons. The van der Waals surface area contributed by atoms with Crippen LogP contribution in [-0.4, -0.2) is 24.5 Å². The second-order valence-corrected chi connectivity index (χ2v) is 7.63. The molecule has 0 fully saturated rings. The summed E-state index contributed by atoms with van der Waals surface area (Å²) in [6.45, 7) is 3.20. The lowest BCUT2D eigenvalue weighted by atomic mass is 10.3. The fourth-order valence-electron chi connectivity index (χ4n) is 2.29. The highest BCUT2D eigenvalue weighted by molar-refractivity contribution is 7.92. The molecule has 0 spiro atoms. The van der Waals surface area contributed by atoms with Gasteiger partial charge < -0.3 is 10.1 Å². The number of sulfonamides is 1. The predicted octanol–water partition coefficient (Wildman–Crippen LogP) is 3.34. The molecule has 1 heterocycles. The molecule has 0 aliphatic heterocycles. The zero-order valence-electron chi connectivity index (χ0n) is 15.2. The van der Waals surface area contributed by atoms with Crippen molar-refractivity contribution in [3.8, 4) is 11.6 Å². The minimum absolute atomic E-state index is 0.0804. The van der Waals surface area contributed by atoms with Gasteiger partial charge in [-0.25, -0.2) is 8.42 Å². The first-order chi connectivity index (χ1) is 13.3. The number of anilines is 2. The molecule has 0 saturated heterocycles. The first kappa shape index (κ1) is 19.3. The van der Waals surface area contributed by atoms with Crippen LogP contribution in [0.5, 0.6) is 11.6 Å². The summed E-state index contributed by atoms with van der Waals surface area (Å²) in [5.41, 5.74) is 1.68. The van der Waals surface area contributed by atoms with E-state index in [-0.39, 0.29) is 10.8 Å². The van der Waals surface area contributed by atoms with Gasteiger partial charge in [-0.2, -0.15) is 5.10 Å². The highest BCUT2D eigenvalue weighted by atomic mass is 32.2. The normalized spacial score (nSPS) is 10.9. The minimum Gasteiger partial charge on any atom is -0.438 e. The highest BCUT2D eigenvalue weighted by Gasteiger charge is 2.14. The number of amides is 1. The van der Waals surface area contributed by atoms with Crippen molar-refractivity contribution >= 4 is 27.3 Å². The molecular formula is C19H18N4O4S. The maximum atomic E-state index is 12.5. The first-order valence-electron chi connectivity index (χ1n) is 8.30. The average Bonchev–Trinajstić information content (AvgIpc) is 2.65. The van der Waals surface area contributed by atoms with E-state index in [0.29, 0.717) is 23.0 Å². The summed E-state index contributed by atoms with van der Waals surface area (Å²) in [5, 5.41) is 10.4. The molecule has 0 aliphatic carbocycles. The van der Waals surface area contributed by atoms with Crippen molar-refractivity contribution in [1.29, 1.82) is 0 Å². The summed E-state index contributed by atoms with van der Waals surface area (Å²) in [6, 6.07) is 15.8. The maximum absolute atomic E-state index is 12.5. The van der Waals surface area contributed by atoms with E-state index in [9.17, 15) is 13.2 Å². The van der Waals surface area contributed by atoms with Crippen LogP contribution in [0.15, 0.2) is 65.6 Å². The lowest BCUT2D eigenvalue weighted by Gasteiger charge is -2.10. The number of hydrogen-bond acceptors (Lipinski definition) is 6. The van der Waals surface area contributed by atoms with Crippen LogP contribution in [-0.2, 0) is 14.8 Å². The van der Waals surface area contributed by atoms with Crippen molar-refractivity contribution in [2.45, 2.75) is 18.7 Å². The molecule has 1 aromatic heterocycles. The molecule has 1 amide bonds. The third-order valence-corrected chi connectivity index (χ3v) is 4.98. The maximum Gasteiger partial charge on any atom is 0.261 e. The third kappa shape index (κ3) is 5.04. The Hall–Kier alpha value is -3.46. The van der Waals surface area contributed by atoms with Crippen LogP contribution in [0.3, 0.4) is 0 Å². The topological polar surface area (TPSA) is 110 Å². The minimum atomic E-state index is -3.76. The number of carbonyl (C=O) groups excluding carboxylic acids is 1. The number of aryl methyl sites for hydroxylation is 1. The van der Waals surface area contributed by atoms with Crippen LogP contribution in [0.4, 0.5) is 11.4 Å². The Balaban J connectivity index is 1.68. The van der Waals surface area contributed by atoms with Gasteiger partial charge in [0, 0.05) is 24.4 Å². The van der Waals surface area contributed by atoms with Crippen molar-refractivity contribution < 1.29 is 17.9 Å². The van der Waals surface area contributed by atoms with Gasteiger partial charge in [0.25, 0.3) is 10.0 Å². The van der Waals surface area contributed by atoms with Crippen molar-refractivity contribution in [3.63, 3.8) is 0 Å². The van der Waals surface area contributed by atoms with Crippen LogP contribution in [0.25, 0.3) is 0 Å². The largest absolute Gasteiger partial charge is 0.438 e. The van der Waals surface area contributed by atoms with Gasteiger partial charge >= 0.3 is 0 Å². The average molecular weight is 398 g/mol. The van der Waals surface area contributed by atoms with E-state index < -0.39 is 10.0 Å². The zero-order valence-corrected chi connectivity index (χ0v) is 16.0. The van der Waals surface area contributed by atoms with Gasteiger partial charge in [-0.3, -0.25) is 9.52 Å². The Morgan fingerprint density at radius 2 is 1.54 bits per heavy atom. The van der Waals surface area contributed by atoms with Crippen LogP contribution in [0.2, 0.25) is 0 Å². The van der Waals surface area contributed by atoms with Crippen LogP contribution in [0, 0.1) is 6.92 Å². The molecule has 0 atom stereocenters. The second kappa shape index (κ2) is 8.05. The van der Waals surface area contributed by atoms with Crippen molar-refractivity contribution in [2.75, 3.05) is 10.0 Å². The summed E-state index contributed by atoms with van der Waals surface area (Å²) in [5.74, 6) is 0.617. The van der Waals surface area contributed by atoms with Crippen LogP contribution >= 0.6 is 0 Å². The number of carbonyl (C=O) groups is 1. The molecular weight excluding hydrogens is 380 g/mol. The van der Waals surface area contributed by atoms with Gasteiger partial charge in [0.2, 0.25) is 11.8 Å². The SMILES string of the molecule is CC(=O)Nc1ccc(S(=O)(=O)Nc2ccc(Oc3ccc(C)nn3)cc2)cc1. The Morgan fingerprint density at radius 3 is 2.11 bits per heavy atom. The van der Waals surface area contributed by atoms with Crippen LogP contribution < -0.4 is 14.8 Å². The molecule has 8 nitrogen and oxygen atoms in total. The van der Waals surface area contributed by atoms with E-state index >= 15 is 0 Å². The van der Waals surface area contributed by atoms with Crippen LogP contribution in [0.1, 0.15) is 12.6 Å². The Bertz CT molecular complexity index is 1060. The highest BCUT2D eigenvalue weighted by Crippen LogP contribution is 2.23. The zero-order chi connectivity index (χ0) is 20.1. The molecule has 0 unspecified atom stereocenters.